The zero-order chi connectivity index (χ0) is 14.8. The summed E-state index contributed by atoms with van der Waals surface area (Å²) in [6.45, 7) is 3.05. The molecule has 0 aliphatic heterocycles. The molecule has 1 aromatic heterocycles. The van der Waals surface area contributed by atoms with Gasteiger partial charge in [0.05, 0.1) is 11.2 Å². The monoisotopic (exact) mass is 287 g/mol. The molecule has 3 rings (SSSR count). The van der Waals surface area contributed by atoms with Crippen molar-refractivity contribution in [1.29, 1.82) is 0 Å². The van der Waals surface area contributed by atoms with Crippen molar-refractivity contribution >= 4 is 10.9 Å². The minimum atomic E-state index is -0.299. The molecular formula is C17H15F2NO. The fourth-order valence-electron chi connectivity index (χ4n) is 2.48. The Labute approximate surface area is 121 Å². The van der Waals surface area contributed by atoms with Crippen LogP contribution in [-0.4, -0.2) is 4.57 Å². The van der Waals surface area contributed by atoms with Crippen LogP contribution in [0.1, 0.15) is 12.6 Å². The molecule has 3 aromatic rings. The van der Waals surface area contributed by atoms with Crippen LogP contribution in [0.25, 0.3) is 10.9 Å². The lowest BCUT2D eigenvalue weighted by Gasteiger charge is -2.09. The molecule has 2 nitrogen and oxygen atoms in total. The number of rotatable bonds is 4. The van der Waals surface area contributed by atoms with Crippen molar-refractivity contribution in [2.75, 3.05) is 0 Å². The van der Waals surface area contributed by atoms with Crippen molar-refractivity contribution in [2.24, 2.45) is 0 Å². The molecule has 0 bridgehead atoms. The van der Waals surface area contributed by atoms with E-state index in [0.29, 0.717) is 17.7 Å². The lowest BCUT2D eigenvalue weighted by atomic mass is 10.2. The van der Waals surface area contributed by atoms with Gasteiger partial charge in [0, 0.05) is 11.9 Å². The summed E-state index contributed by atoms with van der Waals surface area (Å²) in [4.78, 5) is 0. The van der Waals surface area contributed by atoms with Gasteiger partial charge < -0.3 is 9.30 Å². The van der Waals surface area contributed by atoms with E-state index in [1.165, 1.54) is 18.2 Å². The van der Waals surface area contributed by atoms with Crippen LogP contribution in [0.3, 0.4) is 0 Å². The third kappa shape index (κ3) is 2.61. The second kappa shape index (κ2) is 5.56. The van der Waals surface area contributed by atoms with Gasteiger partial charge in [-0.1, -0.05) is 6.07 Å². The smallest absolute Gasteiger partial charge is 0.132 e. The summed E-state index contributed by atoms with van der Waals surface area (Å²) < 4.78 is 34.3. The van der Waals surface area contributed by atoms with E-state index in [1.807, 2.05) is 17.6 Å². The number of aromatic nitrogens is 1. The third-order valence-corrected chi connectivity index (χ3v) is 3.49. The van der Waals surface area contributed by atoms with Gasteiger partial charge in [-0.2, -0.15) is 0 Å². The molecule has 0 radical (unpaired) electrons. The average molecular weight is 287 g/mol. The Hall–Kier alpha value is -2.36. The van der Waals surface area contributed by atoms with E-state index in [0.717, 1.165) is 17.8 Å². The number of ether oxygens (including phenoxy) is 1. The van der Waals surface area contributed by atoms with E-state index in [2.05, 4.69) is 0 Å². The fraction of sp³-hybridized carbons (Fsp3) is 0.176. The minimum absolute atomic E-state index is 0.234. The minimum Gasteiger partial charge on any atom is -0.487 e. The van der Waals surface area contributed by atoms with Crippen LogP contribution in [0.5, 0.6) is 5.75 Å². The van der Waals surface area contributed by atoms with Crippen molar-refractivity contribution < 1.29 is 13.5 Å². The van der Waals surface area contributed by atoms with E-state index < -0.39 is 0 Å². The zero-order valence-electron chi connectivity index (χ0n) is 11.6. The molecule has 0 amide bonds. The fourth-order valence-corrected chi connectivity index (χ4v) is 2.48. The second-order valence-electron chi connectivity index (χ2n) is 4.80. The van der Waals surface area contributed by atoms with Crippen LogP contribution >= 0.6 is 0 Å². The molecule has 2 aromatic carbocycles. The molecule has 0 saturated heterocycles. The number of benzene rings is 2. The third-order valence-electron chi connectivity index (χ3n) is 3.49. The maximum absolute atomic E-state index is 13.8. The highest BCUT2D eigenvalue weighted by molar-refractivity contribution is 5.82. The second-order valence-corrected chi connectivity index (χ2v) is 4.80. The number of fused-ring (bicyclic) bond motifs is 1. The van der Waals surface area contributed by atoms with E-state index in [1.54, 1.807) is 24.3 Å². The topological polar surface area (TPSA) is 14.2 Å². The van der Waals surface area contributed by atoms with E-state index in [-0.39, 0.29) is 11.6 Å². The lowest BCUT2D eigenvalue weighted by Crippen LogP contribution is -2.04. The number of halogens is 2. The van der Waals surface area contributed by atoms with Gasteiger partial charge in [-0.3, -0.25) is 0 Å². The van der Waals surface area contributed by atoms with Crippen LogP contribution in [0, 0.1) is 11.6 Å². The van der Waals surface area contributed by atoms with Gasteiger partial charge in [0.15, 0.2) is 0 Å². The van der Waals surface area contributed by atoms with E-state index in [4.69, 9.17) is 4.74 Å². The van der Waals surface area contributed by atoms with Gasteiger partial charge in [0.2, 0.25) is 0 Å². The first kappa shape index (κ1) is 13.6. The van der Waals surface area contributed by atoms with E-state index >= 15 is 0 Å². The largest absolute Gasteiger partial charge is 0.487 e. The summed E-state index contributed by atoms with van der Waals surface area (Å²) in [5.74, 6) is 0.0552. The van der Waals surface area contributed by atoms with Gasteiger partial charge in [0.25, 0.3) is 0 Å². The Kier molecular flexibility index (Phi) is 3.60. The molecule has 0 N–H and O–H groups in total. The first-order valence-electron chi connectivity index (χ1n) is 6.84. The molecule has 0 aliphatic carbocycles. The van der Waals surface area contributed by atoms with Gasteiger partial charge in [-0.15, -0.1) is 0 Å². The molecule has 0 atom stereocenters. The summed E-state index contributed by atoms with van der Waals surface area (Å²) in [6.07, 6.45) is 0. The highest BCUT2D eigenvalue weighted by atomic mass is 19.1. The van der Waals surface area contributed by atoms with Gasteiger partial charge >= 0.3 is 0 Å². The van der Waals surface area contributed by atoms with Gasteiger partial charge in [-0.25, -0.2) is 8.78 Å². The average Bonchev–Trinajstić information content (AvgIpc) is 2.86. The summed E-state index contributed by atoms with van der Waals surface area (Å²) in [7, 11) is 0. The maximum atomic E-state index is 13.8. The van der Waals surface area contributed by atoms with Gasteiger partial charge in [-0.05, 0) is 49.4 Å². The molecular weight excluding hydrogens is 272 g/mol. The van der Waals surface area contributed by atoms with Crippen molar-refractivity contribution in [2.45, 2.75) is 20.1 Å². The predicted molar refractivity (Wildman–Crippen MR) is 78.3 cm³/mol. The number of hydrogen-bond donors (Lipinski definition) is 0. The molecule has 4 heteroatoms. The molecule has 0 aliphatic rings. The normalized spacial score (nSPS) is 11.0. The van der Waals surface area contributed by atoms with Gasteiger partial charge in [0.1, 0.15) is 24.0 Å². The van der Waals surface area contributed by atoms with E-state index in [9.17, 15) is 8.78 Å². The Morgan fingerprint density at radius 1 is 1.05 bits per heavy atom. The van der Waals surface area contributed by atoms with Crippen molar-refractivity contribution in [3.05, 3.63) is 65.9 Å². The number of hydrogen-bond acceptors (Lipinski definition) is 1. The van der Waals surface area contributed by atoms with Crippen LogP contribution in [0.4, 0.5) is 8.78 Å². The first-order chi connectivity index (χ1) is 10.2. The molecule has 108 valence electrons. The predicted octanol–water partition coefficient (Wildman–Crippen LogP) is 4.52. The summed E-state index contributed by atoms with van der Waals surface area (Å²) >= 11 is 0. The van der Waals surface area contributed by atoms with Crippen molar-refractivity contribution in [3.8, 4) is 5.75 Å². The van der Waals surface area contributed by atoms with Crippen LogP contribution in [0.2, 0.25) is 0 Å². The van der Waals surface area contributed by atoms with Crippen molar-refractivity contribution in [3.63, 3.8) is 0 Å². The Balaban J connectivity index is 1.89. The number of aryl methyl sites for hydroxylation is 1. The van der Waals surface area contributed by atoms with Crippen LogP contribution in [-0.2, 0) is 13.2 Å². The molecule has 21 heavy (non-hydrogen) atoms. The molecule has 0 unspecified atom stereocenters. The molecule has 0 saturated carbocycles. The number of nitrogens with zero attached hydrogens (tertiary/aromatic N) is 1. The molecule has 0 fully saturated rings. The maximum Gasteiger partial charge on any atom is 0.132 e. The highest BCUT2D eigenvalue weighted by Gasteiger charge is 2.11. The summed E-state index contributed by atoms with van der Waals surface area (Å²) in [6, 6.07) is 12.7. The highest BCUT2D eigenvalue weighted by Crippen LogP contribution is 2.24. The van der Waals surface area contributed by atoms with Crippen LogP contribution in [0.15, 0.2) is 48.5 Å². The Morgan fingerprint density at radius 3 is 2.52 bits per heavy atom. The first-order valence-corrected chi connectivity index (χ1v) is 6.84. The molecule has 1 heterocycles. The lowest BCUT2D eigenvalue weighted by molar-refractivity contribution is 0.295. The van der Waals surface area contributed by atoms with Crippen molar-refractivity contribution in [1.82, 2.24) is 4.57 Å². The SMILES string of the molecule is CCn1c(COc2ccc(F)cc2)cc2c(F)cccc21. The standard InChI is InChI=1S/C17H15F2NO/c1-2-20-13(10-15-16(19)4-3-5-17(15)20)11-21-14-8-6-12(18)7-9-14/h3-10H,2,11H2,1H3. The summed E-state index contributed by atoms with van der Waals surface area (Å²) in [5.41, 5.74) is 1.75. The summed E-state index contributed by atoms with van der Waals surface area (Å²) in [5, 5.41) is 0.594. The Morgan fingerprint density at radius 2 is 1.81 bits per heavy atom. The zero-order valence-corrected chi connectivity index (χ0v) is 11.6. The molecule has 0 spiro atoms. The quantitative estimate of drug-likeness (QED) is 0.688. The van der Waals surface area contributed by atoms with Crippen LogP contribution < -0.4 is 4.74 Å². The Bertz CT molecular complexity index is 762.